The fraction of sp³-hybridized carbons (Fsp3) is 0.400. The van der Waals surface area contributed by atoms with Gasteiger partial charge in [-0.1, -0.05) is 23.7 Å². The molecular formula is C20H25ClN4OS. The molecule has 0 unspecified atom stereocenters. The zero-order valence-corrected chi connectivity index (χ0v) is 17.3. The predicted octanol–water partition coefficient (Wildman–Crippen LogP) is 3.38. The third-order valence-electron chi connectivity index (χ3n) is 4.53. The third kappa shape index (κ3) is 5.23. The van der Waals surface area contributed by atoms with Crippen LogP contribution in [0.1, 0.15) is 22.9 Å². The van der Waals surface area contributed by atoms with E-state index >= 15 is 0 Å². The molecule has 1 N–H and O–H groups in total. The van der Waals surface area contributed by atoms with Crippen LogP contribution < -0.4 is 5.32 Å². The van der Waals surface area contributed by atoms with E-state index in [-0.39, 0.29) is 12.5 Å². The number of carbonyl (C=O) groups excluding carboxylic acids is 1. The Hall–Kier alpha value is -2.05. The van der Waals surface area contributed by atoms with Crippen molar-refractivity contribution in [2.75, 3.05) is 26.7 Å². The number of guanidine groups is 1. The Labute approximate surface area is 169 Å². The summed E-state index contributed by atoms with van der Waals surface area (Å²) in [6.07, 6.45) is 0.942. The number of benzene rings is 1. The fourth-order valence-electron chi connectivity index (χ4n) is 3.16. The topological polar surface area (TPSA) is 47.9 Å². The van der Waals surface area contributed by atoms with Crippen molar-refractivity contribution in [3.05, 3.63) is 56.7 Å². The van der Waals surface area contributed by atoms with E-state index in [4.69, 9.17) is 11.6 Å². The zero-order chi connectivity index (χ0) is 19.2. The van der Waals surface area contributed by atoms with E-state index in [0.717, 1.165) is 36.1 Å². The van der Waals surface area contributed by atoms with E-state index in [9.17, 15) is 4.79 Å². The van der Waals surface area contributed by atoms with Crippen molar-refractivity contribution in [1.29, 1.82) is 0 Å². The highest BCUT2D eigenvalue weighted by Crippen LogP contribution is 2.24. The van der Waals surface area contributed by atoms with Gasteiger partial charge in [-0.3, -0.25) is 4.79 Å². The Morgan fingerprint density at radius 2 is 2.26 bits per heavy atom. The number of hydrogen-bond acceptors (Lipinski definition) is 3. The van der Waals surface area contributed by atoms with Crippen molar-refractivity contribution >= 4 is 34.8 Å². The molecule has 0 fully saturated rings. The summed E-state index contributed by atoms with van der Waals surface area (Å²) in [7, 11) is 1.96. The van der Waals surface area contributed by atoms with Crippen molar-refractivity contribution in [1.82, 2.24) is 15.1 Å². The van der Waals surface area contributed by atoms with Crippen LogP contribution in [0.4, 0.5) is 0 Å². The molecule has 0 radical (unpaired) electrons. The highest BCUT2D eigenvalue weighted by atomic mass is 35.5. The number of aliphatic imine (C=N–C) groups is 1. The first kappa shape index (κ1) is 19.7. The first-order valence-electron chi connectivity index (χ1n) is 9.13. The van der Waals surface area contributed by atoms with Crippen molar-refractivity contribution in [3.8, 4) is 0 Å². The second-order valence-corrected chi connectivity index (χ2v) is 8.03. The van der Waals surface area contributed by atoms with Crippen LogP contribution in [0.15, 0.2) is 40.7 Å². The monoisotopic (exact) mass is 404 g/mol. The van der Waals surface area contributed by atoms with Crippen LogP contribution in [0.3, 0.4) is 0 Å². The van der Waals surface area contributed by atoms with E-state index in [1.807, 2.05) is 48.0 Å². The molecule has 1 aliphatic rings. The second kappa shape index (κ2) is 9.24. The van der Waals surface area contributed by atoms with Crippen LogP contribution in [-0.4, -0.2) is 48.3 Å². The van der Waals surface area contributed by atoms with Crippen LogP contribution in [0.25, 0.3) is 0 Å². The molecule has 0 aliphatic carbocycles. The lowest BCUT2D eigenvalue weighted by Crippen LogP contribution is -2.41. The van der Waals surface area contributed by atoms with Crippen molar-refractivity contribution in [2.24, 2.45) is 4.99 Å². The summed E-state index contributed by atoms with van der Waals surface area (Å²) in [6, 6.07) is 9.89. The molecule has 3 rings (SSSR count). The predicted molar refractivity (Wildman–Crippen MR) is 112 cm³/mol. The van der Waals surface area contributed by atoms with Crippen molar-refractivity contribution < 1.29 is 4.79 Å². The molecule has 5 nitrogen and oxygen atoms in total. The Morgan fingerprint density at radius 1 is 1.41 bits per heavy atom. The average Bonchev–Trinajstić information content (AvgIpc) is 3.12. The third-order valence-corrected chi connectivity index (χ3v) is 5.79. The number of thiophene rings is 1. The minimum absolute atomic E-state index is 0.0680. The summed E-state index contributed by atoms with van der Waals surface area (Å²) in [4.78, 5) is 22.5. The Morgan fingerprint density at radius 3 is 3.04 bits per heavy atom. The van der Waals surface area contributed by atoms with Gasteiger partial charge in [-0.25, -0.2) is 4.99 Å². The van der Waals surface area contributed by atoms with E-state index in [1.54, 1.807) is 11.3 Å². The van der Waals surface area contributed by atoms with E-state index < -0.39 is 0 Å². The Kier molecular flexibility index (Phi) is 6.74. The van der Waals surface area contributed by atoms with Crippen LogP contribution in [0, 0.1) is 0 Å². The summed E-state index contributed by atoms with van der Waals surface area (Å²) >= 11 is 7.85. The van der Waals surface area contributed by atoms with Gasteiger partial charge in [-0.15, -0.1) is 11.3 Å². The van der Waals surface area contributed by atoms with Gasteiger partial charge in [0.15, 0.2) is 5.96 Å². The molecule has 0 bridgehead atoms. The number of carbonyl (C=O) groups is 1. The number of fused-ring (bicyclic) bond motifs is 1. The molecule has 1 aromatic carbocycles. The van der Waals surface area contributed by atoms with Gasteiger partial charge in [0.25, 0.3) is 0 Å². The molecular weight excluding hydrogens is 380 g/mol. The fourth-order valence-corrected chi connectivity index (χ4v) is 4.26. The lowest BCUT2D eigenvalue weighted by atomic mass is 10.1. The molecule has 27 heavy (non-hydrogen) atoms. The van der Waals surface area contributed by atoms with E-state index in [1.165, 1.54) is 10.4 Å². The van der Waals surface area contributed by atoms with Gasteiger partial charge >= 0.3 is 0 Å². The van der Waals surface area contributed by atoms with Gasteiger partial charge in [0.2, 0.25) is 5.91 Å². The SMILES string of the molecule is CCNC(=NCC(=O)N1CCc2sccc2C1)N(C)Cc1cccc(Cl)c1. The molecule has 2 heterocycles. The molecule has 7 heteroatoms. The number of rotatable bonds is 5. The van der Waals surface area contributed by atoms with Gasteiger partial charge in [0, 0.05) is 43.1 Å². The van der Waals surface area contributed by atoms with Crippen LogP contribution in [-0.2, 0) is 24.3 Å². The quantitative estimate of drug-likeness (QED) is 0.613. The van der Waals surface area contributed by atoms with E-state index in [2.05, 4.69) is 21.8 Å². The lowest BCUT2D eigenvalue weighted by Gasteiger charge is -2.27. The zero-order valence-electron chi connectivity index (χ0n) is 15.7. The van der Waals surface area contributed by atoms with Gasteiger partial charge in [-0.05, 0) is 48.1 Å². The molecule has 0 atom stereocenters. The molecule has 1 aliphatic heterocycles. The highest BCUT2D eigenvalue weighted by molar-refractivity contribution is 7.10. The molecule has 0 saturated carbocycles. The van der Waals surface area contributed by atoms with Gasteiger partial charge in [0.05, 0.1) is 0 Å². The first-order chi connectivity index (χ1) is 13.1. The summed E-state index contributed by atoms with van der Waals surface area (Å²) in [6.45, 7) is 5.06. The Bertz CT molecular complexity index is 820. The first-order valence-corrected chi connectivity index (χ1v) is 10.4. The number of halogens is 1. The maximum absolute atomic E-state index is 12.6. The summed E-state index contributed by atoms with van der Waals surface area (Å²) in [5, 5.41) is 6.08. The normalized spacial score (nSPS) is 14.0. The van der Waals surface area contributed by atoms with Crippen LogP contribution >= 0.6 is 22.9 Å². The lowest BCUT2D eigenvalue weighted by molar-refractivity contribution is -0.130. The highest BCUT2D eigenvalue weighted by Gasteiger charge is 2.21. The average molecular weight is 405 g/mol. The second-order valence-electron chi connectivity index (χ2n) is 6.59. The molecule has 2 aromatic rings. The summed E-state index contributed by atoms with van der Waals surface area (Å²) in [5.74, 6) is 0.789. The Balaban J connectivity index is 1.62. The van der Waals surface area contributed by atoms with Crippen molar-refractivity contribution in [2.45, 2.75) is 26.4 Å². The van der Waals surface area contributed by atoms with Crippen LogP contribution in [0.5, 0.6) is 0 Å². The standard InChI is InChI=1S/C20H25ClN4OS/c1-3-22-20(24(2)13-15-5-4-6-17(21)11-15)23-12-19(26)25-9-7-18-16(14-25)8-10-27-18/h4-6,8,10-11H,3,7,9,12-14H2,1-2H3,(H,22,23). The minimum Gasteiger partial charge on any atom is -0.357 e. The number of amides is 1. The van der Waals surface area contributed by atoms with Gasteiger partial charge in [0.1, 0.15) is 6.54 Å². The molecule has 144 valence electrons. The summed E-state index contributed by atoms with van der Waals surface area (Å²) < 4.78 is 0. The van der Waals surface area contributed by atoms with E-state index in [0.29, 0.717) is 13.1 Å². The van der Waals surface area contributed by atoms with Gasteiger partial charge in [-0.2, -0.15) is 0 Å². The maximum Gasteiger partial charge on any atom is 0.244 e. The van der Waals surface area contributed by atoms with Crippen LogP contribution in [0.2, 0.25) is 5.02 Å². The largest absolute Gasteiger partial charge is 0.357 e. The molecule has 0 spiro atoms. The number of nitrogens with zero attached hydrogens (tertiary/aromatic N) is 3. The van der Waals surface area contributed by atoms with Crippen molar-refractivity contribution in [3.63, 3.8) is 0 Å². The molecule has 1 aromatic heterocycles. The summed E-state index contributed by atoms with van der Waals surface area (Å²) in [5.41, 5.74) is 2.37. The molecule has 1 amide bonds. The number of nitrogens with one attached hydrogen (secondary N) is 1. The maximum atomic E-state index is 12.6. The smallest absolute Gasteiger partial charge is 0.244 e. The van der Waals surface area contributed by atoms with Gasteiger partial charge < -0.3 is 15.1 Å². The molecule has 0 saturated heterocycles. The minimum atomic E-state index is 0.0680. The number of hydrogen-bond donors (Lipinski definition) is 1.